The summed E-state index contributed by atoms with van der Waals surface area (Å²) >= 11 is 0. The third-order valence-corrected chi connectivity index (χ3v) is 4.68. The highest BCUT2D eigenvalue weighted by atomic mass is 19.4. The van der Waals surface area contributed by atoms with Gasteiger partial charge in [0.05, 0.1) is 5.56 Å². The molecule has 128 valence electrons. The van der Waals surface area contributed by atoms with Crippen molar-refractivity contribution in [3.8, 4) is 0 Å². The van der Waals surface area contributed by atoms with Gasteiger partial charge < -0.3 is 0 Å². The summed E-state index contributed by atoms with van der Waals surface area (Å²) in [6.07, 6.45) is -0.229. The van der Waals surface area contributed by atoms with Crippen LogP contribution >= 0.6 is 0 Å². The Labute approximate surface area is 141 Å². The van der Waals surface area contributed by atoms with Crippen LogP contribution in [0.3, 0.4) is 0 Å². The van der Waals surface area contributed by atoms with E-state index in [4.69, 9.17) is 0 Å². The molecule has 4 heteroatoms. The quantitative estimate of drug-likeness (QED) is 0.689. The molecule has 2 aromatic rings. The Morgan fingerprint density at radius 1 is 0.875 bits per heavy atom. The molecule has 0 fully saturated rings. The van der Waals surface area contributed by atoms with E-state index in [2.05, 4.69) is 29.2 Å². The monoisotopic (exact) mass is 333 g/mol. The fourth-order valence-corrected chi connectivity index (χ4v) is 3.27. The maximum Gasteiger partial charge on any atom is 0.416 e. The van der Waals surface area contributed by atoms with Gasteiger partial charge in [0.15, 0.2) is 0 Å². The molecule has 0 bridgehead atoms. The van der Waals surface area contributed by atoms with E-state index < -0.39 is 11.7 Å². The topological polar surface area (TPSA) is 3.24 Å². The summed E-state index contributed by atoms with van der Waals surface area (Å²) in [5, 5.41) is 0. The van der Waals surface area contributed by atoms with Gasteiger partial charge in [-0.2, -0.15) is 13.2 Å². The molecule has 0 radical (unpaired) electrons. The van der Waals surface area contributed by atoms with Gasteiger partial charge in [0.1, 0.15) is 0 Å². The molecule has 1 aliphatic heterocycles. The third kappa shape index (κ3) is 4.38. The molecular weight excluding hydrogens is 311 g/mol. The number of halogens is 3. The molecule has 1 aliphatic rings. The van der Waals surface area contributed by atoms with E-state index in [1.165, 1.54) is 23.3 Å². The van der Waals surface area contributed by atoms with E-state index in [1.54, 1.807) is 12.1 Å². The van der Waals surface area contributed by atoms with Gasteiger partial charge in [-0.15, -0.1) is 0 Å². The second-order valence-electron chi connectivity index (χ2n) is 6.45. The minimum atomic E-state index is -4.25. The number of benzene rings is 2. The van der Waals surface area contributed by atoms with Crippen LogP contribution in [0.5, 0.6) is 0 Å². The van der Waals surface area contributed by atoms with Crippen molar-refractivity contribution in [2.75, 3.05) is 13.1 Å². The number of hydrogen-bond donors (Lipinski definition) is 0. The lowest BCUT2D eigenvalue weighted by Gasteiger charge is -2.28. The fourth-order valence-electron chi connectivity index (χ4n) is 3.27. The Morgan fingerprint density at radius 2 is 1.58 bits per heavy atom. The first-order valence-electron chi connectivity index (χ1n) is 8.48. The molecule has 0 aliphatic carbocycles. The lowest BCUT2D eigenvalue weighted by Crippen LogP contribution is -2.31. The predicted octanol–water partition coefficient (Wildman–Crippen LogP) is 5.09. The SMILES string of the molecule is FC(F)(F)c1ccc(CCCCN2CCc3ccccc3C2)cc1. The first kappa shape index (κ1) is 17.0. The molecule has 3 rings (SSSR count). The number of rotatable bonds is 5. The van der Waals surface area contributed by atoms with E-state index in [1.807, 2.05) is 0 Å². The molecule has 0 saturated carbocycles. The fraction of sp³-hybridized carbons (Fsp3) is 0.400. The summed E-state index contributed by atoms with van der Waals surface area (Å²) in [4.78, 5) is 2.47. The molecule has 1 nitrogen and oxygen atoms in total. The molecule has 2 aromatic carbocycles. The van der Waals surface area contributed by atoms with E-state index in [0.29, 0.717) is 0 Å². The molecule has 24 heavy (non-hydrogen) atoms. The number of hydrogen-bond acceptors (Lipinski definition) is 1. The highest BCUT2D eigenvalue weighted by Crippen LogP contribution is 2.29. The highest BCUT2D eigenvalue weighted by Gasteiger charge is 2.29. The largest absolute Gasteiger partial charge is 0.416 e. The van der Waals surface area contributed by atoms with Gasteiger partial charge in [-0.3, -0.25) is 4.90 Å². The summed E-state index contributed by atoms with van der Waals surface area (Å²) in [5.41, 5.74) is 3.29. The van der Waals surface area contributed by atoms with Crippen LogP contribution in [0, 0.1) is 0 Å². The molecule has 0 aromatic heterocycles. The van der Waals surface area contributed by atoms with Gasteiger partial charge in [-0.1, -0.05) is 36.4 Å². The van der Waals surface area contributed by atoms with Crippen LogP contribution in [0.1, 0.15) is 35.1 Å². The Hall–Kier alpha value is -1.81. The van der Waals surface area contributed by atoms with E-state index >= 15 is 0 Å². The van der Waals surface area contributed by atoms with Gasteiger partial charge in [0.25, 0.3) is 0 Å². The van der Waals surface area contributed by atoms with Crippen molar-refractivity contribution in [3.63, 3.8) is 0 Å². The summed E-state index contributed by atoms with van der Waals surface area (Å²) < 4.78 is 37.6. The standard InChI is InChI=1S/C20H22F3N/c21-20(22,23)19-10-8-16(9-11-19)5-3-4-13-24-14-12-17-6-1-2-7-18(17)15-24/h1-2,6-11H,3-5,12-15H2. The normalized spacial score (nSPS) is 15.3. The molecule has 0 saturated heterocycles. The summed E-state index contributed by atoms with van der Waals surface area (Å²) in [5.74, 6) is 0. The van der Waals surface area contributed by atoms with E-state index in [-0.39, 0.29) is 0 Å². The van der Waals surface area contributed by atoms with Crippen LogP contribution in [0.4, 0.5) is 13.2 Å². The van der Waals surface area contributed by atoms with Crippen LogP contribution < -0.4 is 0 Å². The second-order valence-corrected chi connectivity index (χ2v) is 6.45. The highest BCUT2D eigenvalue weighted by molar-refractivity contribution is 5.29. The van der Waals surface area contributed by atoms with Crippen LogP contribution in [-0.4, -0.2) is 18.0 Å². The smallest absolute Gasteiger partial charge is 0.299 e. The number of nitrogens with zero attached hydrogens (tertiary/aromatic N) is 1. The lowest BCUT2D eigenvalue weighted by atomic mass is 9.99. The van der Waals surface area contributed by atoms with Crippen molar-refractivity contribution >= 4 is 0 Å². The Kier molecular flexibility index (Phi) is 5.24. The van der Waals surface area contributed by atoms with Crippen molar-refractivity contribution in [2.45, 2.75) is 38.4 Å². The van der Waals surface area contributed by atoms with Crippen LogP contribution in [0.15, 0.2) is 48.5 Å². The first-order valence-corrected chi connectivity index (χ1v) is 8.48. The van der Waals surface area contributed by atoms with Gasteiger partial charge >= 0.3 is 6.18 Å². The lowest BCUT2D eigenvalue weighted by molar-refractivity contribution is -0.137. The molecule has 0 unspecified atom stereocenters. The maximum absolute atomic E-state index is 12.5. The zero-order valence-electron chi connectivity index (χ0n) is 13.6. The Balaban J connectivity index is 1.42. The summed E-state index contributed by atoms with van der Waals surface area (Å²) in [6, 6.07) is 14.1. The Morgan fingerprint density at radius 3 is 2.29 bits per heavy atom. The number of fused-ring (bicyclic) bond motifs is 1. The average Bonchev–Trinajstić information content (AvgIpc) is 2.58. The van der Waals surface area contributed by atoms with E-state index in [0.717, 1.165) is 50.9 Å². The predicted molar refractivity (Wildman–Crippen MR) is 89.8 cm³/mol. The van der Waals surface area contributed by atoms with Gasteiger partial charge in [0, 0.05) is 13.1 Å². The summed E-state index contributed by atoms with van der Waals surface area (Å²) in [6.45, 7) is 3.16. The second kappa shape index (κ2) is 7.39. The number of alkyl halides is 3. The van der Waals surface area contributed by atoms with Crippen LogP contribution in [-0.2, 0) is 25.6 Å². The molecule has 0 spiro atoms. The van der Waals surface area contributed by atoms with Crippen molar-refractivity contribution in [1.82, 2.24) is 4.90 Å². The van der Waals surface area contributed by atoms with Gasteiger partial charge in [-0.05, 0) is 61.1 Å². The van der Waals surface area contributed by atoms with Crippen molar-refractivity contribution in [3.05, 3.63) is 70.8 Å². The molecule has 1 heterocycles. The molecule has 0 amide bonds. The number of unbranched alkanes of at least 4 members (excludes halogenated alkanes) is 1. The van der Waals surface area contributed by atoms with Gasteiger partial charge in [0.2, 0.25) is 0 Å². The molecule has 0 N–H and O–H groups in total. The minimum absolute atomic E-state index is 0.571. The first-order chi connectivity index (χ1) is 11.5. The minimum Gasteiger partial charge on any atom is -0.299 e. The zero-order valence-corrected chi connectivity index (χ0v) is 13.6. The zero-order chi connectivity index (χ0) is 17.0. The van der Waals surface area contributed by atoms with Crippen molar-refractivity contribution in [2.24, 2.45) is 0 Å². The maximum atomic E-state index is 12.5. The van der Waals surface area contributed by atoms with E-state index in [9.17, 15) is 13.2 Å². The third-order valence-electron chi connectivity index (χ3n) is 4.68. The van der Waals surface area contributed by atoms with Crippen molar-refractivity contribution in [1.29, 1.82) is 0 Å². The Bertz CT molecular complexity index is 661. The van der Waals surface area contributed by atoms with Crippen LogP contribution in [0.2, 0.25) is 0 Å². The molecular formula is C20H22F3N. The summed E-state index contributed by atoms with van der Waals surface area (Å²) in [7, 11) is 0. The van der Waals surface area contributed by atoms with Gasteiger partial charge in [-0.25, -0.2) is 0 Å². The average molecular weight is 333 g/mol. The van der Waals surface area contributed by atoms with Crippen molar-refractivity contribution < 1.29 is 13.2 Å². The van der Waals surface area contributed by atoms with Crippen LogP contribution in [0.25, 0.3) is 0 Å². The molecule has 0 atom stereocenters. The number of aryl methyl sites for hydroxylation is 1.